The van der Waals surface area contributed by atoms with E-state index >= 15 is 0 Å². The van der Waals surface area contributed by atoms with Gasteiger partial charge in [0.15, 0.2) is 0 Å². The fraction of sp³-hybridized carbons (Fsp3) is 0.359. The van der Waals surface area contributed by atoms with Crippen molar-refractivity contribution in [2.24, 2.45) is 0 Å². The summed E-state index contributed by atoms with van der Waals surface area (Å²) in [5.41, 5.74) is 0.967. The Morgan fingerprint density at radius 2 is 1.02 bits per heavy atom. The van der Waals surface area contributed by atoms with E-state index in [0.717, 1.165) is 29.3 Å². The third kappa shape index (κ3) is 13.3. The minimum absolute atomic E-state index is 0.0551. The summed E-state index contributed by atoms with van der Waals surface area (Å²) in [6.45, 7) is 2.92. The SMILES string of the molecule is O=C(Oc1c2cc(Br)cc1COC[C@H](c1ccccc1)OCCOCCOCCOCCOC(c1ccccc1)COC2)c1cc([N+](=O)[O-])cc([N+](=O)[O-])c1. The molecule has 4 aromatic rings. The van der Waals surface area contributed by atoms with E-state index in [-0.39, 0.29) is 51.0 Å². The molecule has 16 heteroatoms. The summed E-state index contributed by atoms with van der Waals surface area (Å²) < 4.78 is 48.2. The predicted octanol–water partition coefficient (Wildman–Crippen LogP) is 7.10. The van der Waals surface area contributed by atoms with Crippen molar-refractivity contribution >= 4 is 33.3 Å². The van der Waals surface area contributed by atoms with Gasteiger partial charge in [-0.15, -0.1) is 0 Å². The summed E-state index contributed by atoms with van der Waals surface area (Å²) in [7, 11) is 0. The normalized spacial score (nSPS) is 18.7. The second kappa shape index (κ2) is 22.0. The molecule has 1 aliphatic rings. The third-order valence-electron chi connectivity index (χ3n) is 8.20. The smallest absolute Gasteiger partial charge is 0.344 e. The van der Waals surface area contributed by atoms with Crippen LogP contribution in [0.15, 0.2) is 95.5 Å². The first-order valence-electron chi connectivity index (χ1n) is 17.5. The topological polar surface area (TPSA) is 177 Å². The fourth-order valence-corrected chi connectivity index (χ4v) is 6.09. The minimum atomic E-state index is -1.05. The first-order valence-corrected chi connectivity index (χ1v) is 18.3. The minimum Gasteiger partial charge on any atom is -0.422 e. The number of carbonyl (C=O) groups is 1. The molecule has 0 aliphatic carbocycles. The molecule has 0 saturated carbocycles. The highest BCUT2D eigenvalue weighted by Gasteiger charge is 2.24. The number of ether oxygens (including phenoxy) is 8. The molecule has 292 valence electrons. The number of hydrogen-bond donors (Lipinski definition) is 0. The van der Waals surface area contributed by atoms with E-state index < -0.39 is 39.4 Å². The summed E-state index contributed by atoms with van der Waals surface area (Å²) in [4.78, 5) is 35.1. The average molecular weight is 826 g/mol. The average Bonchev–Trinajstić information content (AvgIpc) is 3.19. The summed E-state index contributed by atoms with van der Waals surface area (Å²) in [6, 6.07) is 25.1. The van der Waals surface area contributed by atoms with Gasteiger partial charge in [0, 0.05) is 27.7 Å². The lowest BCUT2D eigenvalue weighted by Crippen LogP contribution is -2.18. The maximum absolute atomic E-state index is 13.6. The molecular weight excluding hydrogens is 784 g/mol. The number of nitro groups is 2. The molecule has 2 atom stereocenters. The van der Waals surface area contributed by atoms with E-state index in [1.807, 2.05) is 60.7 Å². The number of nitro benzene ring substituents is 2. The maximum atomic E-state index is 13.6. The summed E-state index contributed by atoms with van der Waals surface area (Å²) in [6.07, 6.45) is -0.935. The van der Waals surface area contributed by atoms with Crippen LogP contribution in [0.3, 0.4) is 0 Å². The Kier molecular flexibility index (Phi) is 16.6. The van der Waals surface area contributed by atoms with Gasteiger partial charge in [-0.3, -0.25) is 20.2 Å². The Balaban J connectivity index is 1.44. The summed E-state index contributed by atoms with van der Waals surface area (Å²) in [5.74, 6) is -0.985. The van der Waals surface area contributed by atoms with Crippen LogP contribution in [0.5, 0.6) is 5.75 Å². The van der Waals surface area contributed by atoms with Crippen LogP contribution in [-0.4, -0.2) is 81.9 Å². The van der Waals surface area contributed by atoms with Crippen LogP contribution in [0.4, 0.5) is 11.4 Å². The standard InChI is InChI=1S/C39H41BrN2O13/c40-33-19-31-24-51-26-36(28-7-3-1-4-8-28)53-17-15-49-13-11-48-12-14-50-16-18-54-37(29-9-5-2-6-10-29)27-52-25-32(20-33)38(31)55-39(43)30-21-34(41(44)45)23-35(22-30)42(46)47/h1-10,19-23,36-37H,11-18,24-27H2/t36-,37?/m1/s1. The first kappa shape index (κ1) is 41.5. The molecule has 5 rings (SSSR count). The molecule has 0 spiro atoms. The molecule has 0 N–H and O–H groups in total. The molecule has 15 nitrogen and oxygen atoms in total. The molecule has 0 radical (unpaired) electrons. The number of hydrogen-bond acceptors (Lipinski definition) is 13. The highest BCUT2D eigenvalue weighted by atomic mass is 79.9. The van der Waals surface area contributed by atoms with Gasteiger partial charge >= 0.3 is 5.97 Å². The number of fused-ring (bicyclic) bond motifs is 2. The summed E-state index contributed by atoms with van der Waals surface area (Å²) in [5, 5.41) is 23.1. The van der Waals surface area contributed by atoms with E-state index in [2.05, 4.69) is 15.9 Å². The highest BCUT2D eigenvalue weighted by Crippen LogP contribution is 2.33. The second-order valence-corrected chi connectivity index (χ2v) is 13.0. The molecule has 55 heavy (non-hydrogen) atoms. The van der Waals surface area contributed by atoms with Crippen molar-refractivity contribution in [2.45, 2.75) is 25.4 Å². The number of nitrogens with zero attached hydrogens (tertiary/aromatic N) is 2. The Morgan fingerprint density at radius 3 is 1.44 bits per heavy atom. The molecule has 2 bridgehead atoms. The molecule has 0 fully saturated rings. The van der Waals surface area contributed by atoms with E-state index in [9.17, 15) is 25.0 Å². The maximum Gasteiger partial charge on any atom is 0.344 e. The van der Waals surface area contributed by atoms with Gasteiger partial charge < -0.3 is 37.9 Å². The Labute approximate surface area is 325 Å². The van der Waals surface area contributed by atoms with Gasteiger partial charge in [-0.05, 0) is 23.3 Å². The monoisotopic (exact) mass is 824 g/mol. The Hall–Kier alpha value is -4.65. The lowest BCUT2D eigenvalue weighted by Gasteiger charge is -2.21. The van der Waals surface area contributed by atoms with Crippen molar-refractivity contribution < 1.29 is 52.5 Å². The van der Waals surface area contributed by atoms with Gasteiger partial charge in [-0.1, -0.05) is 76.6 Å². The van der Waals surface area contributed by atoms with Crippen molar-refractivity contribution in [1.29, 1.82) is 0 Å². The van der Waals surface area contributed by atoms with Crippen molar-refractivity contribution in [3.05, 3.63) is 144 Å². The van der Waals surface area contributed by atoms with Crippen molar-refractivity contribution in [1.82, 2.24) is 0 Å². The zero-order valence-electron chi connectivity index (χ0n) is 29.9. The third-order valence-corrected chi connectivity index (χ3v) is 8.65. The lowest BCUT2D eigenvalue weighted by atomic mass is 10.1. The second-order valence-electron chi connectivity index (χ2n) is 12.1. The number of esters is 1. The van der Waals surface area contributed by atoms with Crippen molar-refractivity contribution in [3.8, 4) is 5.75 Å². The van der Waals surface area contributed by atoms with Crippen LogP contribution in [0.25, 0.3) is 0 Å². The number of non-ortho nitro benzene ring substituents is 2. The van der Waals surface area contributed by atoms with Gasteiger partial charge in [0.2, 0.25) is 0 Å². The summed E-state index contributed by atoms with van der Waals surface area (Å²) >= 11 is 3.55. The number of carbonyl (C=O) groups excluding carboxylic acids is 1. The van der Waals surface area contributed by atoms with E-state index in [1.54, 1.807) is 12.1 Å². The number of rotatable bonds is 6. The quantitative estimate of drug-likeness (QED) is 0.0834. The molecule has 1 unspecified atom stereocenters. The van der Waals surface area contributed by atoms with Crippen LogP contribution in [0.2, 0.25) is 0 Å². The van der Waals surface area contributed by atoms with Gasteiger partial charge in [-0.25, -0.2) is 4.79 Å². The van der Waals surface area contributed by atoms with Gasteiger partial charge in [0.05, 0.1) is 101 Å². The van der Waals surface area contributed by atoms with Crippen LogP contribution in [0.1, 0.15) is 44.8 Å². The van der Waals surface area contributed by atoms with Crippen LogP contribution >= 0.6 is 15.9 Å². The molecule has 1 heterocycles. The Bertz CT molecular complexity index is 1730. The first-order chi connectivity index (χ1) is 26.8. The molecule has 4 aromatic carbocycles. The fourth-order valence-electron chi connectivity index (χ4n) is 5.54. The zero-order valence-corrected chi connectivity index (χ0v) is 31.5. The molecule has 0 amide bonds. The molecule has 0 aromatic heterocycles. The Morgan fingerprint density at radius 1 is 0.600 bits per heavy atom. The molecule has 1 aliphatic heterocycles. The van der Waals surface area contributed by atoms with E-state index in [0.29, 0.717) is 55.2 Å². The lowest BCUT2D eigenvalue weighted by molar-refractivity contribution is -0.394. The molecular formula is C39H41BrN2O13. The zero-order chi connectivity index (χ0) is 38.8. The van der Waals surface area contributed by atoms with Gasteiger partial charge in [-0.2, -0.15) is 0 Å². The van der Waals surface area contributed by atoms with E-state index in [1.165, 1.54) is 0 Å². The van der Waals surface area contributed by atoms with E-state index in [4.69, 9.17) is 37.9 Å². The van der Waals surface area contributed by atoms with Crippen molar-refractivity contribution in [3.63, 3.8) is 0 Å². The van der Waals surface area contributed by atoms with Crippen molar-refractivity contribution in [2.75, 3.05) is 66.1 Å². The van der Waals surface area contributed by atoms with Gasteiger partial charge in [0.1, 0.15) is 18.0 Å². The largest absolute Gasteiger partial charge is 0.422 e. The number of benzene rings is 4. The van der Waals surface area contributed by atoms with Crippen LogP contribution < -0.4 is 4.74 Å². The molecule has 0 saturated heterocycles. The van der Waals surface area contributed by atoms with Gasteiger partial charge in [0.25, 0.3) is 11.4 Å². The highest BCUT2D eigenvalue weighted by molar-refractivity contribution is 9.10. The number of halogens is 1. The van der Waals surface area contributed by atoms with Crippen LogP contribution in [-0.2, 0) is 46.4 Å². The van der Waals surface area contributed by atoms with Crippen LogP contribution in [0, 0.1) is 20.2 Å². The predicted molar refractivity (Wildman–Crippen MR) is 201 cm³/mol.